The Bertz CT molecular complexity index is 480. The molecule has 0 aliphatic carbocycles. The van der Waals surface area contributed by atoms with Crippen LogP contribution >= 0.6 is 11.6 Å². The molecule has 0 aromatic carbocycles. The zero-order valence-electron chi connectivity index (χ0n) is 6.28. The van der Waals surface area contributed by atoms with E-state index in [2.05, 4.69) is 15.0 Å². The summed E-state index contributed by atoms with van der Waals surface area (Å²) in [6.45, 7) is 0. The van der Waals surface area contributed by atoms with Crippen molar-refractivity contribution in [1.29, 1.82) is 0 Å². The molecule has 0 unspecified atom stereocenters. The Hall–Kier alpha value is -1.62. The van der Waals surface area contributed by atoms with Crippen LogP contribution in [0.1, 0.15) is 10.5 Å². The molecular weight excluding hydrogens is 194 g/mol. The monoisotopic (exact) mass is 197 g/mol. The molecule has 0 amide bonds. The summed E-state index contributed by atoms with van der Waals surface area (Å²) in [6.07, 6.45) is 1.27. The number of nitrogens with one attached hydrogen (secondary N) is 1. The number of nitrogens with zero attached hydrogens (tertiary/aromatic N) is 2. The van der Waals surface area contributed by atoms with Crippen LogP contribution in [0.4, 0.5) is 0 Å². The Kier molecular flexibility index (Phi) is 1.66. The number of hydrogen-bond acceptors (Lipinski definition) is 3. The van der Waals surface area contributed by atoms with Gasteiger partial charge >= 0.3 is 5.97 Å². The summed E-state index contributed by atoms with van der Waals surface area (Å²) < 4.78 is 0. The number of aromatic carboxylic acids is 1. The van der Waals surface area contributed by atoms with Crippen molar-refractivity contribution >= 4 is 28.6 Å². The van der Waals surface area contributed by atoms with Gasteiger partial charge in [-0.3, -0.25) is 0 Å². The molecule has 6 heteroatoms. The Labute approximate surface area is 77.4 Å². The van der Waals surface area contributed by atoms with E-state index in [0.29, 0.717) is 11.0 Å². The molecule has 0 spiro atoms. The molecular formula is C7H4ClN3O2. The Morgan fingerprint density at radius 3 is 2.92 bits per heavy atom. The average molecular weight is 198 g/mol. The molecule has 0 aliphatic rings. The minimum absolute atomic E-state index is 0.0531. The third-order valence-corrected chi connectivity index (χ3v) is 1.91. The standard InChI is InChI=1S/C7H4ClN3O2/c8-5-3-1-4(7(12)13)11-6(3)10-2-9-5/h1-2H,(H,12,13)(H,9,10,11). The molecule has 2 heterocycles. The smallest absolute Gasteiger partial charge is 0.352 e. The van der Waals surface area contributed by atoms with Gasteiger partial charge < -0.3 is 10.1 Å². The molecule has 13 heavy (non-hydrogen) atoms. The Morgan fingerprint density at radius 2 is 2.31 bits per heavy atom. The van der Waals surface area contributed by atoms with Crippen molar-refractivity contribution in [2.45, 2.75) is 0 Å². The first kappa shape index (κ1) is 8.00. The van der Waals surface area contributed by atoms with E-state index < -0.39 is 5.97 Å². The lowest BCUT2D eigenvalue weighted by Crippen LogP contribution is -1.94. The lowest BCUT2D eigenvalue weighted by molar-refractivity contribution is 0.0691. The summed E-state index contributed by atoms with van der Waals surface area (Å²) in [6, 6.07) is 1.40. The zero-order chi connectivity index (χ0) is 9.42. The predicted octanol–water partition coefficient (Wildman–Crippen LogP) is 1.31. The summed E-state index contributed by atoms with van der Waals surface area (Å²) >= 11 is 5.71. The van der Waals surface area contributed by atoms with Crippen molar-refractivity contribution < 1.29 is 9.90 Å². The molecule has 0 aliphatic heterocycles. The third-order valence-electron chi connectivity index (χ3n) is 1.61. The van der Waals surface area contributed by atoms with Crippen LogP contribution in [0.2, 0.25) is 5.15 Å². The first-order valence-electron chi connectivity index (χ1n) is 3.41. The van der Waals surface area contributed by atoms with Crippen LogP contribution in [-0.4, -0.2) is 26.0 Å². The van der Waals surface area contributed by atoms with Gasteiger partial charge in [-0.1, -0.05) is 11.6 Å². The Balaban J connectivity index is 2.75. The molecule has 0 saturated heterocycles. The van der Waals surface area contributed by atoms with Crippen LogP contribution in [0.3, 0.4) is 0 Å². The third kappa shape index (κ3) is 1.23. The van der Waals surface area contributed by atoms with E-state index >= 15 is 0 Å². The molecule has 2 aromatic rings. The minimum Gasteiger partial charge on any atom is -0.477 e. The lowest BCUT2D eigenvalue weighted by Gasteiger charge is -1.88. The van der Waals surface area contributed by atoms with Crippen molar-refractivity contribution in [2.24, 2.45) is 0 Å². The van der Waals surface area contributed by atoms with E-state index in [1.807, 2.05) is 0 Å². The maximum atomic E-state index is 10.6. The van der Waals surface area contributed by atoms with Gasteiger partial charge in [0.05, 0.1) is 5.39 Å². The van der Waals surface area contributed by atoms with Crippen molar-refractivity contribution in [3.63, 3.8) is 0 Å². The highest BCUT2D eigenvalue weighted by molar-refractivity contribution is 6.34. The fourth-order valence-electron chi connectivity index (χ4n) is 1.02. The van der Waals surface area contributed by atoms with Crippen LogP contribution < -0.4 is 0 Å². The van der Waals surface area contributed by atoms with E-state index in [-0.39, 0.29) is 10.8 Å². The SMILES string of the molecule is O=C(O)c1cc2c(Cl)ncnc2[nH]1. The summed E-state index contributed by atoms with van der Waals surface area (Å²) in [5, 5.41) is 9.41. The number of rotatable bonds is 1. The van der Waals surface area contributed by atoms with Crippen LogP contribution in [-0.2, 0) is 0 Å². The molecule has 2 N–H and O–H groups in total. The molecule has 0 saturated carbocycles. The van der Waals surface area contributed by atoms with Crippen LogP contribution in [0.5, 0.6) is 0 Å². The molecule has 5 nitrogen and oxygen atoms in total. The maximum absolute atomic E-state index is 10.6. The number of hydrogen-bond donors (Lipinski definition) is 2. The lowest BCUT2D eigenvalue weighted by atomic mass is 10.4. The first-order valence-corrected chi connectivity index (χ1v) is 3.79. The zero-order valence-corrected chi connectivity index (χ0v) is 7.04. The fraction of sp³-hybridized carbons (Fsp3) is 0. The second-order valence-electron chi connectivity index (χ2n) is 2.41. The summed E-state index contributed by atoms with van der Waals surface area (Å²) in [7, 11) is 0. The van der Waals surface area contributed by atoms with Gasteiger partial charge in [0, 0.05) is 0 Å². The number of carboxylic acids is 1. The maximum Gasteiger partial charge on any atom is 0.352 e. The normalized spacial score (nSPS) is 10.5. The average Bonchev–Trinajstić information content (AvgIpc) is 2.49. The predicted molar refractivity (Wildman–Crippen MR) is 45.9 cm³/mol. The first-order chi connectivity index (χ1) is 6.18. The number of aromatic amines is 1. The van der Waals surface area contributed by atoms with E-state index in [1.165, 1.54) is 12.4 Å². The van der Waals surface area contributed by atoms with E-state index in [1.54, 1.807) is 0 Å². The number of H-pyrrole nitrogens is 1. The van der Waals surface area contributed by atoms with Crippen LogP contribution in [0, 0.1) is 0 Å². The van der Waals surface area contributed by atoms with E-state index in [9.17, 15) is 4.79 Å². The summed E-state index contributed by atoms with van der Waals surface area (Å²) in [4.78, 5) is 20.7. The fourth-order valence-corrected chi connectivity index (χ4v) is 1.21. The van der Waals surface area contributed by atoms with Gasteiger partial charge in [0.2, 0.25) is 0 Å². The van der Waals surface area contributed by atoms with Crippen LogP contribution in [0.15, 0.2) is 12.4 Å². The highest BCUT2D eigenvalue weighted by Gasteiger charge is 2.10. The van der Waals surface area contributed by atoms with Gasteiger partial charge in [0.1, 0.15) is 22.8 Å². The van der Waals surface area contributed by atoms with Gasteiger partial charge in [-0.25, -0.2) is 14.8 Å². The van der Waals surface area contributed by atoms with E-state index in [4.69, 9.17) is 16.7 Å². The minimum atomic E-state index is -1.05. The number of carbonyl (C=O) groups is 1. The number of aromatic nitrogens is 3. The highest BCUT2D eigenvalue weighted by atomic mass is 35.5. The van der Waals surface area contributed by atoms with E-state index in [0.717, 1.165) is 0 Å². The largest absolute Gasteiger partial charge is 0.477 e. The molecule has 0 fully saturated rings. The quantitative estimate of drug-likeness (QED) is 0.676. The Morgan fingerprint density at radius 1 is 1.54 bits per heavy atom. The van der Waals surface area contributed by atoms with Gasteiger partial charge in [0.25, 0.3) is 0 Å². The summed E-state index contributed by atoms with van der Waals surface area (Å²) in [5.41, 5.74) is 0.481. The second-order valence-corrected chi connectivity index (χ2v) is 2.77. The van der Waals surface area contributed by atoms with Crippen molar-refractivity contribution in [3.05, 3.63) is 23.2 Å². The summed E-state index contributed by atoms with van der Waals surface area (Å²) in [5.74, 6) is -1.05. The van der Waals surface area contributed by atoms with Gasteiger partial charge in [0.15, 0.2) is 0 Å². The van der Waals surface area contributed by atoms with Crippen molar-refractivity contribution in [3.8, 4) is 0 Å². The number of halogens is 1. The number of fused-ring (bicyclic) bond motifs is 1. The molecule has 0 bridgehead atoms. The van der Waals surface area contributed by atoms with Crippen molar-refractivity contribution in [2.75, 3.05) is 0 Å². The molecule has 0 atom stereocenters. The molecule has 2 rings (SSSR count). The molecule has 0 radical (unpaired) electrons. The van der Waals surface area contributed by atoms with Gasteiger partial charge in [-0.2, -0.15) is 0 Å². The highest BCUT2D eigenvalue weighted by Crippen LogP contribution is 2.19. The van der Waals surface area contributed by atoms with Crippen molar-refractivity contribution in [1.82, 2.24) is 15.0 Å². The molecule has 66 valence electrons. The van der Waals surface area contributed by atoms with Gasteiger partial charge in [-0.15, -0.1) is 0 Å². The van der Waals surface area contributed by atoms with Gasteiger partial charge in [-0.05, 0) is 6.07 Å². The topological polar surface area (TPSA) is 78.9 Å². The second kappa shape index (κ2) is 2.70. The van der Waals surface area contributed by atoms with Crippen LogP contribution in [0.25, 0.3) is 11.0 Å². The molecule has 2 aromatic heterocycles. The number of carboxylic acid groups (broad SMARTS) is 1.